The van der Waals surface area contributed by atoms with Crippen LogP contribution in [0.2, 0.25) is 0 Å². The molecule has 0 bridgehead atoms. The Morgan fingerprint density at radius 2 is 1.87 bits per heavy atom. The normalized spacial score (nSPS) is 16.8. The Bertz CT molecular complexity index is 1040. The van der Waals surface area contributed by atoms with Gasteiger partial charge in [-0.3, -0.25) is 14.5 Å². The Morgan fingerprint density at radius 3 is 2.50 bits per heavy atom. The summed E-state index contributed by atoms with van der Waals surface area (Å²) in [5, 5.41) is 2.38. The number of halogens is 4. The van der Waals surface area contributed by atoms with Gasteiger partial charge in [0.2, 0.25) is 5.91 Å². The number of carbonyl (C=O) groups is 2. The van der Waals surface area contributed by atoms with Crippen molar-refractivity contribution in [2.75, 3.05) is 5.32 Å². The molecule has 3 rings (SSSR count). The molecule has 0 radical (unpaired) electrons. The van der Waals surface area contributed by atoms with Gasteiger partial charge in [-0.2, -0.15) is 13.2 Å². The van der Waals surface area contributed by atoms with Crippen LogP contribution in [-0.4, -0.2) is 27.1 Å². The summed E-state index contributed by atoms with van der Waals surface area (Å²) in [5.74, 6) is -1.62. The van der Waals surface area contributed by atoms with Crippen LogP contribution in [-0.2, 0) is 15.8 Å². The number of nitrogens with one attached hydrogen (secondary N) is 1. The van der Waals surface area contributed by atoms with Gasteiger partial charge in [-0.25, -0.2) is 4.39 Å². The van der Waals surface area contributed by atoms with E-state index < -0.39 is 35.4 Å². The molecule has 156 valence electrons. The largest absolute Gasteiger partial charge is 0.416 e. The maximum atomic E-state index is 13.0. The summed E-state index contributed by atoms with van der Waals surface area (Å²) in [5.41, 5.74) is -0.368. The molecule has 0 aliphatic carbocycles. The summed E-state index contributed by atoms with van der Waals surface area (Å²) in [6.07, 6.45) is -3.02. The van der Waals surface area contributed by atoms with Gasteiger partial charge in [-0.1, -0.05) is 42.2 Å². The second-order valence-electron chi connectivity index (χ2n) is 6.35. The molecular formula is C20H14F4N2O2S2. The number of amides is 2. The number of hydrogen-bond donors (Lipinski definition) is 1. The highest BCUT2D eigenvalue weighted by molar-refractivity contribution is 8.26. The third-order valence-electron chi connectivity index (χ3n) is 4.22. The summed E-state index contributed by atoms with van der Waals surface area (Å²) >= 11 is 6.18. The fourth-order valence-corrected chi connectivity index (χ4v) is 4.08. The SMILES string of the molecule is CC(C(=O)Nc1cccc(C(F)(F)F)c1)N1C(=O)/C(=C/c2ccc(F)cc2)SC1=S. The van der Waals surface area contributed by atoms with Gasteiger partial charge >= 0.3 is 6.18 Å². The lowest BCUT2D eigenvalue weighted by Crippen LogP contribution is -2.44. The fraction of sp³-hybridized carbons (Fsp3) is 0.150. The molecule has 10 heteroatoms. The molecule has 1 heterocycles. The molecule has 30 heavy (non-hydrogen) atoms. The summed E-state index contributed by atoms with van der Waals surface area (Å²) < 4.78 is 51.7. The van der Waals surface area contributed by atoms with Crippen molar-refractivity contribution in [2.24, 2.45) is 0 Å². The lowest BCUT2D eigenvalue weighted by atomic mass is 10.1. The van der Waals surface area contributed by atoms with Gasteiger partial charge in [0.25, 0.3) is 5.91 Å². The molecule has 1 atom stereocenters. The van der Waals surface area contributed by atoms with Crippen molar-refractivity contribution in [3.63, 3.8) is 0 Å². The lowest BCUT2D eigenvalue weighted by Gasteiger charge is -2.22. The van der Waals surface area contributed by atoms with Crippen LogP contribution in [0.5, 0.6) is 0 Å². The van der Waals surface area contributed by atoms with Crippen molar-refractivity contribution in [3.8, 4) is 0 Å². The molecule has 1 saturated heterocycles. The lowest BCUT2D eigenvalue weighted by molar-refractivity contribution is -0.137. The number of benzene rings is 2. The zero-order chi connectivity index (χ0) is 22.1. The van der Waals surface area contributed by atoms with Crippen LogP contribution in [0.25, 0.3) is 6.08 Å². The first-order chi connectivity index (χ1) is 14.1. The van der Waals surface area contributed by atoms with Gasteiger partial charge in [0.05, 0.1) is 10.5 Å². The number of hydrogen-bond acceptors (Lipinski definition) is 4. The Hall–Kier alpha value is -2.72. The smallest absolute Gasteiger partial charge is 0.324 e. The quantitative estimate of drug-likeness (QED) is 0.398. The third kappa shape index (κ3) is 4.88. The average Bonchev–Trinajstić information content (AvgIpc) is 2.95. The Kier molecular flexibility index (Phi) is 6.27. The molecule has 0 aromatic heterocycles. The first-order valence-electron chi connectivity index (χ1n) is 8.57. The fourth-order valence-electron chi connectivity index (χ4n) is 2.66. The van der Waals surface area contributed by atoms with Crippen LogP contribution < -0.4 is 5.32 Å². The van der Waals surface area contributed by atoms with Crippen LogP contribution in [0, 0.1) is 5.82 Å². The van der Waals surface area contributed by atoms with Crippen LogP contribution >= 0.6 is 24.0 Å². The highest BCUT2D eigenvalue weighted by Crippen LogP contribution is 2.34. The molecule has 2 aromatic rings. The molecule has 0 spiro atoms. The second-order valence-corrected chi connectivity index (χ2v) is 8.02. The molecule has 2 amide bonds. The number of anilines is 1. The number of thiocarbonyl (C=S) groups is 1. The molecule has 1 aliphatic heterocycles. The Morgan fingerprint density at radius 1 is 1.20 bits per heavy atom. The molecule has 1 N–H and O–H groups in total. The topological polar surface area (TPSA) is 49.4 Å². The summed E-state index contributed by atoms with van der Waals surface area (Å²) in [6, 6.07) is 8.62. The molecule has 0 saturated carbocycles. The van der Waals surface area contributed by atoms with Gasteiger partial charge < -0.3 is 5.32 Å². The number of thioether (sulfide) groups is 1. The van der Waals surface area contributed by atoms with E-state index in [-0.39, 0.29) is 14.9 Å². The van der Waals surface area contributed by atoms with Crippen molar-refractivity contribution in [2.45, 2.75) is 19.1 Å². The summed E-state index contributed by atoms with van der Waals surface area (Å²) in [7, 11) is 0. The number of carbonyl (C=O) groups excluding carboxylic acids is 2. The van der Waals surface area contributed by atoms with Gasteiger partial charge in [0.15, 0.2) is 0 Å². The first kappa shape index (κ1) is 22.0. The molecule has 4 nitrogen and oxygen atoms in total. The number of rotatable bonds is 4. The predicted molar refractivity (Wildman–Crippen MR) is 111 cm³/mol. The zero-order valence-corrected chi connectivity index (χ0v) is 17.0. The van der Waals surface area contributed by atoms with Crippen LogP contribution in [0.4, 0.5) is 23.2 Å². The average molecular weight is 454 g/mol. The standard InChI is InChI=1S/C20H14F4N2O2S2/c1-11(17(27)25-15-4-2-3-13(10-15)20(22,23)24)26-18(28)16(30-19(26)29)9-12-5-7-14(21)8-6-12/h2-11H,1H3,(H,25,27)/b16-9-. The Labute approximate surface area is 178 Å². The number of alkyl halides is 3. The maximum Gasteiger partial charge on any atom is 0.416 e. The Balaban J connectivity index is 1.75. The predicted octanol–water partition coefficient (Wildman–Crippen LogP) is 5.07. The van der Waals surface area contributed by atoms with Gasteiger partial charge in [-0.15, -0.1) is 0 Å². The van der Waals surface area contributed by atoms with Crippen LogP contribution in [0.1, 0.15) is 18.1 Å². The summed E-state index contributed by atoms with van der Waals surface area (Å²) in [4.78, 5) is 26.6. The molecular weight excluding hydrogens is 440 g/mol. The van der Waals surface area contributed by atoms with E-state index >= 15 is 0 Å². The van der Waals surface area contributed by atoms with Crippen LogP contribution in [0.3, 0.4) is 0 Å². The highest BCUT2D eigenvalue weighted by atomic mass is 32.2. The van der Waals surface area contributed by atoms with Crippen molar-refractivity contribution in [3.05, 3.63) is 70.4 Å². The molecule has 1 unspecified atom stereocenters. The van der Waals surface area contributed by atoms with E-state index in [1.165, 1.54) is 49.4 Å². The zero-order valence-electron chi connectivity index (χ0n) is 15.4. The molecule has 2 aromatic carbocycles. The first-order valence-corrected chi connectivity index (χ1v) is 9.79. The van der Waals surface area contributed by atoms with E-state index in [2.05, 4.69) is 5.32 Å². The van der Waals surface area contributed by atoms with Gasteiger partial charge in [0.1, 0.15) is 16.2 Å². The molecule has 1 fully saturated rings. The number of nitrogens with zero attached hydrogens (tertiary/aromatic N) is 1. The highest BCUT2D eigenvalue weighted by Gasteiger charge is 2.38. The van der Waals surface area contributed by atoms with Crippen molar-refractivity contribution in [1.29, 1.82) is 0 Å². The third-order valence-corrected chi connectivity index (χ3v) is 5.55. The monoisotopic (exact) mass is 454 g/mol. The molecule has 1 aliphatic rings. The van der Waals surface area contributed by atoms with E-state index in [0.29, 0.717) is 5.56 Å². The summed E-state index contributed by atoms with van der Waals surface area (Å²) in [6.45, 7) is 1.43. The van der Waals surface area contributed by atoms with Crippen molar-refractivity contribution < 1.29 is 27.2 Å². The van der Waals surface area contributed by atoms with E-state index in [1.54, 1.807) is 0 Å². The second kappa shape index (κ2) is 8.57. The van der Waals surface area contributed by atoms with Crippen molar-refractivity contribution >= 4 is 51.9 Å². The minimum absolute atomic E-state index is 0.0472. The van der Waals surface area contributed by atoms with Crippen LogP contribution in [0.15, 0.2) is 53.4 Å². The van der Waals surface area contributed by atoms with Crippen molar-refractivity contribution in [1.82, 2.24) is 4.90 Å². The van der Waals surface area contributed by atoms with E-state index in [0.717, 1.165) is 28.8 Å². The minimum atomic E-state index is -4.55. The van der Waals surface area contributed by atoms with Gasteiger partial charge in [-0.05, 0) is 48.9 Å². The van der Waals surface area contributed by atoms with Gasteiger partial charge in [0, 0.05) is 5.69 Å². The van der Waals surface area contributed by atoms with E-state index in [1.807, 2.05) is 0 Å². The van der Waals surface area contributed by atoms with E-state index in [9.17, 15) is 27.2 Å². The minimum Gasteiger partial charge on any atom is -0.324 e. The maximum absolute atomic E-state index is 13.0. The van der Waals surface area contributed by atoms with E-state index in [4.69, 9.17) is 12.2 Å².